The van der Waals surface area contributed by atoms with Gasteiger partial charge in [0.1, 0.15) is 5.82 Å². The topological polar surface area (TPSA) is 76.5 Å². The average Bonchev–Trinajstić information content (AvgIpc) is 2.37. The van der Waals surface area contributed by atoms with E-state index in [2.05, 4.69) is 15.3 Å². The van der Waals surface area contributed by atoms with Crippen LogP contribution < -0.4 is 5.32 Å². The number of aromatic nitrogens is 2. The van der Waals surface area contributed by atoms with Crippen molar-refractivity contribution < 1.29 is 14.6 Å². The lowest BCUT2D eigenvalue weighted by Gasteiger charge is -2.16. The first-order valence-electron chi connectivity index (χ1n) is 6.39. The average molecular weight is 269 g/mol. The van der Waals surface area contributed by atoms with Crippen molar-refractivity contribution in [2.45, 2.75) is 32.6 Å². The molecule has 108 valence electrons. The second-order valence-corrected chi connectivity index (χ2v) is 4.48. The van der Waals surface area contributed by atoms with Gasteiger partial charge in [-0.1, -0.05) is 0 Å². The highest BCUT2D eigenvalue weighted by Crippen LogP contribution is 1.96. The van der Waals surface area contributed by atoms with Gasteiger partial charge in [0.05, 0.1) is 31.1 Å². The van der Waals surface area contributed by atoms with Gasteiger partial charge < -0.3 is 19.9 Å². The Hall–Kier alpha value is -1.08. The van der Waals surface area contributed by atoms with Crippen molar-refractivity contribution in [3.8, 4) is 0 Å². The van der Waals surface area contributed by atoms with E-state index in [0.717, 1.165) is 11.5 Å². The molecule has 1 aromatic heterocycles. The molecule has 1 aromatic rings. The van der Waals surface area contributed by atoms with Gasteiger partial charge in [-0.05, 0) is 19.9 Å². The maximum atomic E-state index is 9.74. The highest BCUT2D eigenvalue weighted by molar-refractivity contribution is 5.00. The van der Waals surface area contributed by atoms with E-state index in [9.17, 15) is 5.11 Å². The van der Waals surface area contributed by atoms with E-state index in [1.807, 2.05) is 19.9 Å². The van der Waals surface area contributed by atoms with E-state index in [1.165, 1.54) is 0 Å². The molecule has 1 heterocycles. The van der Waals surface area contributed by atoms with Crippen LogP contribution in [0.4, 0.5) is 0 Å². The summed E-state index contributed by atoms with van der Waals surface area (Å²) in [7, 11) is 1.63. The molecule has 6 heteroatoms. The number of ether oxygens (including phenoxy) is 2. The fourth-order valence-electron chi connectivity index (χ4n) is 1.59. The van der Waals surface area contributed by atoms with Crippen molar-refractivity contribution in [1.29, 1.82) is 0 Å². The van der Waals surface area contributed by atoms with E-state index in [0.29, 0.717) is 26.3 Å². The summed E-state index contributed by atoms with van der Waals surface area (Å²) in [4.78, 5) is 8.29. The molecular weight excluding hydrogens is 246 g/mol. The number of nitrogens with one attached hydrogen (secondary N) is 1. The molecule has 0 aliphatic heterocycles. The molecule has 0 aliphatic rings. The first kappa shape index (κ1) is 16.0. The Bertz CT molecular complexity index is 363. The predicted molar refractivity (Wildman–Crippen MR) is 71.8 cm³/mol. The van der Waals surface area contributed by atoms with Crippen LogP contribution in [0.2, 0.25) is 0 Å². The van der Waals surface area contributed by atoms with E-state index >= 15 is 0 Å². The van der Waals surface area contributed by atoms with Gasteiger partial charge in [0.25, 0.3) is 0 Å². The molecule has 0 saturated heterocycles. The summed E-state index contributed by atoms with van der Waals surface area (Å²) in [6, 6.07) is 1.85. The van der Waals surface area contributed by atoms with Crippen molar-refractivity contribution in [1.82, 2.24) is 15.3 Å². The highest BCUT2D eigenvalue weighted by Gasteiger charge is 2.07. The molecule has 0 amide bonds. The standard InChI is InChI=1S/C13H23N3O3/c1-10(8-18-3)19-9-13(17)7-14-6-12-4-5-15-11(2)16-12/h4-5,10,13-14,17H,6-9H2,1-3H3. The first-order valence-corrected chi connectivity index (χ1v) is 6.39. The molecule has 0 radical (unpaired) electrons. The Morgan fingerprint density at radius 3 is 2.89 bits per heavy atom. The molecule has 0 spiro atoms. The summed E-state index contributed by atoms with van der Waals surface area (Å²) < 4.78 is 10.4. The summed E-state index contributed by atoms with van der Waals surface area (Å²) >= 11 is 0. The molecule has 6 nitrogen and oxygen atoms in total. The van der Waals surface area contributed by atoms with Crippen LogP contribution in [0.25, 0.3) is 0 Å². The van der Waals surface area contributed by atoms with E-state index in [1.54, 1.807) is 13.3 Å². The molecule has 1 rings (SSSR count). The molecule has 0 aromatic carbocycles. The maximum absolute atomic E-state index is 9.74. The van der Waals surface area contributed by atoms with Gasteiger partial charge in [-0.15, -0.1) is 0 Å². The Morgan fingerprint density at radius 1 is 1.42 bits per heavy atom. The van der Waals surface area contributed by atoms with Gasteiger partial charge in [0.2, 0.25) is 0 Å². The summed E-state index contributed by atoms with van der Waals surface area (Å²) in [5.41, 5.74) is 0.911. The molecule has 0 aliphatic carbocycles. The lowest BCUT2D eigenvalue weighted by molar-refractivity contribution is -0.0311. The molecule has 0 saturated carbocycles. The number of hydrogen-bond donors (Lipinski definition) is 2. The fraction of sp³-hybridized carbons (Fsp3) is 0.692. The van der Waals surface area contributed by atoms with Crippen LogP contribution in [-0.2, 0) is 16.0 Å². The Balaban J connectivity index is 2.15. The van der Waals surface area contributed by atoms with E-state index in [4.69, 9.17) is 9.47 Å². The van der Waals surface area contributed by atoms with E-state index in [-0.39, 0.29) is 6.10 Å². The number of rotatable bonds is 9. The van der Waals surface area contributed by atoms with Crippen LogP contribution >= 0.6 is 0 Å². The highest BCUT2D eigenvalue weighted by atomic mass is 16.5. The van der Waals surface area contributed by atoms with Gasteiger partial charge in [0, 0.05) is 26.4 Å². The molecule has 0 bridgehead atoms. The van der Waals surface area contributed by atoms with Crippen molar-refractivity contribution >= 4 is 0 Å². The van der Waals surface area contributed by atoms with E-state index < -0.39 is 6.10 Å². The van der Waals surface area contributed by atoms with Gasteiger partial charge in [-0.2, -0.15) is 0 Å². The smallest absolute Gasteiger partial charge is 0.125 e. The Labute approximate surface area is 114 Å². The third-order valence-electron chi connectivity index (χ3n) is 2.49. The summed E-state index contributed by atoms with van der Waals surface area (Å²) in [5, 5.41) is 12.9. The van der Waals surface area contributed by atoms with Crippen LogP contribution in [0.1, 0.15) is 18.4 Å². The zero-order valence-corrected chi connectivity index (χ0v) is 11.8. The zero-order valence-electron chi connectivity index (χ0n) is 11.8. The van der Waals surface area contributed by atoms with Crippen LogP contribution in [-0.4, -0.2) is 54.2 Å². The SMILES string of the molecule is COCC(C)OCC(O)CNCc1ccnc(C)n1. The minimum Gasteiger partial charge on any atom is -0.389 e. The second-order valence-electron chi connectivity index (χ2n) is 4.48. The number of hydrogen-bond acceptors (Lipinski definition) is 6. The van der Waals surface area contributed by atoms with Crippen LogP contribution in [0.15, 0.2) is 12.3 Å². The minimum absolute atomic E-state index is 0.0100. The lowest BCUT2D eigenvalue weighted by atomic mass is 10.3. The number of nitrogens with zero attached hydrogens (tertiary/aromatic N) is 2. The predicted octanol–water partition coefficient (Wildman–Crippen LogP) is 0.287. The normalized spacial score (nSPS) is 14.3. The number of aryl methyl sites for hydroxylation is 1. The fourth-order valence-corrected chi connectivity index (χ4v) is 1.59. The molecule has 2 atom stereocenters. The van der Waals surface area contributed by atoms with Gasteiger partial charge in [-0.3, -0.25) is 0 Å². The van der Waals surface area contributed by atoms with Gasteiger partial charge >= 0.3 is 0 Å². The van der Waals surface area contributed by atoms with Gasteiger partial charge in [-0.25, -0.2) is 9.97 Å². The Kier molecular flexibility index (Phi) is 7.50. The monoisotopic (exact) mass is 269 g/mol. The Morgan fingerprint density at radius 2 is 2.21 bits per heavy atom. The molecule has 2 N–H and O–H groups in total. The molecule has 0 fully saturated rings. The quantitative estimate of drug-likeness (QED) is 0.671. The van der Waals surface area contributed by atoms with Crippen molar-refractivity contribution in [2.75, 3.05) is 26.9 Å². The summed E-state index contributed by atoms with van der Waals surface area (Å²) in [6.45, 7) is 5.65. The minimum atomic E-state index is -0.540. The summed E-state index contributed by atoms with van der Waals surface area (Å²) in [5.74, 6) is 0.747. The number of aliphatic hydroxyl groups excluding tert-OH is 1. The third-order valence-corrected chi connectivity index (χ3v) is 2.49. The summed E-state index contributed by atoms with van der Waals surface area (Å²) in [6.07, 6.45) is 1.18. The molecule has 2 unspecified atom stereocenters. The lowest BCUT2D eigenvalue weighted by Crippen LogP contribution is -2.32. The number of methoxy groups -OCH3 is 1. The number of aliphatic hydroxyl groups is 1. The van der Waals surface area contributed by atoms with Crippen LogP contribution in [0.3, 0.4) is 0 Å². The van der Waals surface area contributed by atoms with Crippen molar-refractivity contribution in [3.63, 3.8) is 0 Å². The second kappa shape index (κ2) is 8.92. The van der Waals surface area contributed by atoms with Crippen LogP contribution in [0, 0.1) is 6.92 Å². The zero-order chi connectivity index (χ0) is 14.1. The first-order chi connectivity index (χ1) is 9.11. The van der Waals surface area contributed by atoms with Gasteiger partial charge in [0.15, 0.2) is 0 Å². The maximum Gasteiger partial charge on any atom is 0.125 e. The van der Waals surface area contributed by atoms with Crippen molar-refractivity contribution in [2.24, 2.45) is 0 Å². The molecule has 19 heavy (non-hydrogen) atoms. The van der Waals surface area contributed by atoms with Crippen LogP contribution in [0.5, 0.6) is 0 Å². The van der Waals surface area contributed by atoms with Crippen molar-refractivity contribution in [3.05, 3.63) is 23.8 Å². The molecular formula is C13H23N3O3. The third kappa shape index (κ3) is 7.17. The largest absolute Gasteiger partial charge is 0.389 e.